The lowest BCUT2D eigenvalue weighted by Crippen LogP contribution is -2.40. The Morgan fingerprint density at radius 2 is 1.86 bits per heavy atom. The van der Waals surface area contributed by atoms with E-state index in [9.17, 15) is 31.2 Å². The Morgan fingerprint density at radius 3 is 2.43 bits per heavy atom. The predicted molar refractivity (Wildman–Crippen MR) is 95.9 cm³/mol. The first-order chi connectivity index (χ1) is 13.0. The molecule has 0 aromatic heterocycles. The number of nitrogens with zero attached hydrogens (tertiary/aromatic N) is 1. The van der Waals surface area contributed by atoms with Crippen LogP contribution in [-0.2, 0) is 19.6 Å². The van der Waals surface area contributed by atoms with Gasteiger partial charge in [0.05, 0.1) is 4.90 Å². The summed E-state index contributed by atoms with van der Waals surface area (Å²) in [5, 5.41) is 1.63. The molecule has 1 aliphatic heterocycles. The van der Waals surface area contributed by atoms with Crippen molar-refractivity contribution in [2.24, 2.45) is 5.92 Å². The molecule has 28 heavy (non-hydrogen) atoms. The second-order valence-electron chi connectivity index (χ2n) is 6.71. The SMILES string of the molecule is CC1CCCN(C(=O)CCNS(=O)(=O)c2ccc(NC(=O)C(F)(F)F)cc2)C1. The van der Waals surface area contributed by atoms with Crippen molar-refractivity contribution in [1.82, 2.24) is 9.62 Å². The quantitative estimate of drug-likeness (QED) is 0.736. The van der Waals surface area contributed by atoms with Crippen LogP contribution in [0.25, 0.3) is 0 Å². The fraction of sp³-hybridized carbons (Fsp3) is 0.529. The molecule has 156 valence electrons. The number of rotatable bonds is 6. The van der Waals surface area contributed by atoms with Gasteiger partial charge < -0.3 is 10.2 Å². The lowest BCUT2D eigenvalue weighted by Gasteiger charge is -2.31. The van der Waals surface area contributed by atoms with Gasteiger partial charge in [-0.2, -0.15) is 13.2 Å². The third-order valence-corrected chi connectivity index (χ3v) is 5.80. The molecule has 11 heteroatoms. The monoisotopic (exact) mass is 421 g/mol. The number of anilines is 1. The highest BCUT2D eigenvalue weighted by atomic mass is 32.2. The summed E-state index contributed by atoms with van der Waals surface area (Å²) in [7, 11) is -3.93. The molecule has 0 spiro atoms. The minimum absolute atomic E-state index is 0.0195. The van der Waals surface area contributed by atoms with Crippen molar-refractivity contribution >= 4 is 27.5 Å². The van der Waals surface area contributed by atoms with Gasteiger partial charge in [0, 0.05) is 31.7 Å². The largest absolute Gasteiger partial charge is 0.471 e. The van der Waals surface area contributed by atoms with Crippen molar-refractivity contribution in [3.8, 4) is 0 Å². The third-order valence-electron chi connectivity index (χ3n) is 4.32. The summed E-state index contributed by atoms with van der Waals surface area (Å²) in [5.74, 6) is -1.85. The molecule has 1 aromatic carbocycles. The topological polar surface area (TPSA) is 95.6 Å². The fourth-order valence-electron chi connectivity index (χ4n) is 2.87. The Kier molecular flexibility index (Phi) is 7.05. The van der Waals surface area contributed by atoms with E-state index in [0.717, 1.165) is 37.1 Å². The highest BCUT2D eigenvalue weighted by molar-refractivity contribution is 7.89. The fourth-order valence-corrected chi connectivity index (χ4v) is 3.90. The molecule has 1 heterocycles. The van der Waals surface area contributed by atoms with Crippen LogP contribution in [0, 0.1) is 5.92 Å². The van der Waals surface area contributed by atoms with Crippen LogP contribution in [0.1, 0.15) is 26.2 Å². The smallest absolute Gasteiger partial charge is 0.342 e. The summed E-state index contributed by atoms with van der Waals surface area (Å²) in [6.45, 7) is 3.30. The van der Waals surface area contributed by atoms with Gasteiger partial charge >= 0.3 is 12.1 Å². The number of alkyl halides is 3. The minimum Gasteiger partial charge on any atom is -0.342 e. The van der Waals surface area contributed by atoms with E-state index in [1.54, 1.807) is 10.2 Å². The normalized spacial score (nSPS) is 18.0. The molecule has 2 N–H and O–H groups in total. The molecule has 1 aliphatic rings. The Bertz CT molecular complexity index is 810. The zero-order valence-electron chi connectivity index (χ0n) is 15.3. The number of hydrogen-bond donors (Lipinski definition) is 2. The molecule has 1 unspecified atom stereocenters. The number of hydrogen-bond acceptors (Lipinski definition) is 4. The number of sulfonamides is 1. The summed E-state index contributed by atoms with van der Waals surface area (Å²) >= 11 is 0. The Hall–Kier alpha value is -2.14. The zero-order valence-corrected chi connectivity index (χ0v) is 16.1. The second-order valence-corrected chi connectivity index (χ2v) is 8.48. The average molecular weight is 421 g/mol. The Balaban J connectivity index is 1.88. The summed E-state index contributed by atoms with van der Waals surface area (Å²) in [5.41, 5.74) is -0.185. The standard InChI is InChI=1S/C17H22F3N3O4S/c1-12-3-2-10-23(11-12)15(24)8-9-21-28(26,27)14-6-4-13(5-7-14)22-16(25)17(18,19)20/h4-7,12,21H,2-3,8-11H2,1H3,(H,22,25). The molecular weight excluding hydrogens is 399 g/mol. The number of carbonyl (C=O) groups excluding carboxylic acids is 2. The molecular formula is C17H22F3N3O4S. The van der Waals surface area contributed by atoms with Crippen LogP contribution >= 0.6 is 0 Å². The van der Waals surface area contributed by atoms with Gasteiger partial charge in [0.25, 0.3) is 0 Å². The van der Waals surface area contributed by atoms with Crippen LogP contribution in [0.4, 0.5) is 18.9 Å². The maximum Gasteiger partial charge on any atom is 0.471 e. The molecule has 7 nitrogen and oxygen atoms in total. The van der Waals surface area contributed by atoms with Gasteiger partial charge in [-0.3, -0.25) is 9.59 Å². The van der Waals surface area contributed by atoms with Crippen molar-refractivity contribution in [2.75, 3.05) is 25.0 Å². The minimum atomic E-state index is -5.04. The molecule has 2 rings (SSSR count). The van der Waals surface area contributed by atoms with Gasteiger partial charge in [0.2, 0.25) is 15.9 Å². The maximum absolute atomic E-state index is 12.2. The Labute approximate surface area is 161 Å². The van der Waals surface area contributed by atoms with Gasteiger partial charge in [0.1, 0.15) is 0 Å². The van der Waals surface area contributed by atoms with Crippen LogP contribution in [0.3, 0.4) is 0 Å². The first kappa shape index (κ1) is 22.2. The lowest BCUT2D eigenvalue weighted by atomic mass is 10.0. The molecule has 2 amide bonds. The lowest BCUT2D eigenvalue weighted by molar-refractivity contribution is -0.167. The van der Waals surface area contributed by atoms with Crippen LogP contribution in [-0.4, -0.2) is 50.9 Å². The van der Waals surface area contributed by atoms with Crippen molar-refractivity contribution < 1.29 is 31.2 Å². The first-order valence-corrected chi connectivity index (χ1v) is 10.2. The Morgan fingerprint density at radius 1 is 1.21 bits per heavy atom. The number of benzene rings is 1. The highest BCUT2D eigenvalue weighted by Crippen LogP contribution is 2.20. The highest BCUT2D eigenvalue weighted by Gasteiger charge is 2.38. The summed E-state index contributed by atoms with van der Waals surface area (Å²) in [6, 6.07) is 4.25. The molecule has 0 aliphatic carbocycles. The molecule has 0 bridgehead atoms. The van der Waals surface area contributed by atoms with Gasteiger partial charge in [-0.05, 0) is 43.0 Å². The van der Waals surface area contributed by atoms with Crippen molar-refractivity contribution in [2.45, 2.75) is 37.3 Å². The van der Waals surface area contributed by atoms with Gasteiger partial charge in [-0.15, -0.1) is 0 Å². The number of carbonyl (C=O) groups is 2. The van der Waals surface area contributed by atoms with E-state index < -0.39 is 22.1 Å². The number of likely N-dealkylation sites (tertiary alicyclic amines) is 1. The van der Waals surface area contributed by atoms with Crippen molar-refractivity contribution in [3.05, 3.63) is 24.3 Å². The number of amides is 2. The molecule has 1 aromatic rings. The van der Waals surface area contributed by atoms with E-state index in [2.05, 4.69) is 11.6 Å². The maximum atomic E-state index is 12.2. The number of piperidine rings is 1. The van der Waals surface area contributed by atoms with E-state index >= 15 is 0 Å². The second kappa shape index (κ2) is 8.91. The van der Waals surface area contributed by atoms with Gasteiger partial charge in [-0.1, -0.05) is 6.92 Å². The first-order valence-electron chi connectivity index (χ1n) is 8.75. The molecule has 1 fully saturated rings. The van der Waals surface area contributed by atoms with E-state index in [4.69, 9.17) is 0 Å². The van der Waals surface area contributed by atoms with E-state index in [1.165, 1.54) is 0 Å². The number of nitrogens with one attached hydrogen (secondary N) is 2. The predicted octanol–water partition coefficient (Wildman–Crippen LogP) is 2.11. The van der Waals surface area contributed by atoms with E-state index in [1.807, 2.05) is 0 Å². The molecule has 1 atom stereocenters. The molecule has 0 saturated carbocycles. The zero-order chi connectivity index (χ0) is 20.9. The van der Waals surface area contributed by atoms with Crippen molar-refractivity contribution in [3.63, 3.8) is 0 Å². The van der Waals surface area contributed by atoms with Gasteiger partial charge in [-0.25, -0.2) is 13.1 Å². The number of halogens is 3. The van der Waals surface area contributed by atoms with Crippen LogP contribution in [0.2, 0.25) is 0 Å². The van der Waals surface area contributed by atoms with Crippen LogP contribution < -0.4 is 10.0 Å². The van der Waals surface area contributed by atoms with E-state index in [-0.39, 0.29) is 29.5 Å². The molecule has 0 radical (unpaired) electrons. The van der Waals surface area contributed by atoms with Gasteiger partial charge in [0.15, 0.2) is 0 Å². The summed E-state index contributed by atoms with van der Waals surface area (Å²) in [6.07, 6.45) is -3.03. The van der Waals surface area contributed by atoms with Crippen LogP contribution in [0.5, 0.6) is 0 Å². The van der Waals surface area contributed by atoms with Crippen molar-refractivity contribution in [1.29, 1.82) is 0 Å². The van der Waals surface area contributed by atoms with E-state index in [0.29, 0.717) is 19.0 Å². The average Bonchev–Trinajstić information content (AvgIpc) is 2.61. The van der Waals surface area contributed by atoms with Crippen LogP contribution in [0.15, 0.2) is 29.2 Å². The molecule has 1 saturated heterocycles. The third kappa shape index (κ3) is 6.20. The summed E-state index contributed by atoms with van der Waals surface area (Å²) < 4.78 is 63.4. The summed E-state index contributed by atoms with van der Waals surface area (Å²) in [4.78, 5) is 24.6.